The maximum absolute atomic E-state index is 11.7. The molecule has 0 saturated heterocycles. The summed E-state index contributed by atoms with van der Waals surface area (Å²) in [6.45, 7) is 3.40. The van der Waals surface area contributed by atoms with Crippen molar-refractivity contribution in [2.24, 2.45) is 5.92 Å². The minimum Gasteiger partial charge on any atom is -0.469 e. The van der Waals surface area contributed by atoms with Crippen molar-refractivity contribution in [3.63, 3.8) is 0 Å². The Labute approximate surface area is 120 Å². The number of carbonyl (C=O) groups excluding carboxylic acids is 1. The molecule has 0 saturated carbocycles. The lowest BCUT2D eigenvalue weighted by Crippen LogP contribution is -2.37. The van der Waals surface area contributed by atoms with Crippen molar-refractivity contribution in [3.8, 4) is 0 Å². The topological polar surface area (TPSA) is 46.5 Å². The van der Waals surface area contributed by atoms with Gasteiger partial charge in [-0.2, -0.15) is 0 Å². The third-order valence-electron chi connectivity index (χ3n) is 3.05. The molecular weight excluding hydrogens is 319 g/mol. The monoisotopic (exact) mass is 334 g/mol. The number of methoxy groups -OCH3 is 1. The fraction of sp³-hybridized carbons (Fsp3) is 0.462. The van der Waals surface area contributed by atoms with Gasteiger partial charge in [-0.25, -0.2) is 0 Å². The van der Waals surface area contributed by atoms with Crippen LogP contribution in [-0.2, 0) is 15.1 Å². The number of hydrogen-bond donors (Lipinski definition) is 1. The maximum atomic E-state index is 11.7. The lowest BCUT2D eigenvalue weighted by molar-refractivity contribution is -0.155. The summed E-state index contributed by atoms with van der Waals surface area (Å²) in [6.07, 6.45) is 0.464. The molecule has 0 aliphatic rings. The van der Waals surface area contributed by atoms with Gasteiger partial charge < -0.3 is 9.84 Å². The van der Waals surface area contributed by atoms with Crippen LogP contribution in [0.4, 0.5) is 0 Å². The molecule has 0 amide bonds. The van der Waals surface area contributed by atoms with Gasteiger partial charge in [0.1, 0.15) is 5.60 Å². The minimum absolute atomic E-state index is 0.414. The van der Waals surface area contributed by atoms with Crippen LogP contribution in [0.2, 0.25) is 5.02 Å². The molecule has 0 aliphatic heterocycles. The highest BCUT2D eigenvalue weighted by molar-refractivity contribution is 9.10. The van der Waals surface area contributed by atoms with Crippen LogP contribution < -0.4 is 0 Å². The smallest absolute Gasteiger partial charge is 0.311 e. The Balaban J connectivity index is 3.22. The molecule has 0 fully saturated rings. The van der Waals surface area contributed by atoms with Gasteiger partial charge in [0, 0.05) is 15.1 Å². The summed E-state index contributed by atoms with van der Waals surface area (Å²) in [5, 5.41) is 11.0. The first-order valence-electron chi connectivity index (χ1n) is 5.60. The minimum atomic E-state index is -1.36. The van der Waals surface area contributed by atoms with E-state index in [1.54, 1.807) is 25.1 Å². The number of ether oxygens (including phenoxy) is 1. The summed E-state index contributed by atoms with van der Waals surface area (Å²) in [7, 11) is 1.31. The third kappa shape index (κ3) is 3.05. The second kappa shape index (κ2) is 6.04. The van der Waals surface area contributed by atoms with Gasteiger partial charge in [-0.3, -0.25) is 4.79 Å². The van der Waals surface area contributed by atoms with Crippen LogP contribution in [-0.4, -0.2) is 18.2 Å². The third-order valence-corrected chi connectivity index (χ3v) is 3.85. The fourth-order valence-electron chi connectivity index (χ4n) is 2.02. The first-order chi connectivity index (χ1) is 8.34. The number of rotatable bonds is 4. The predicted molar refractivity (Wildman–Crippen MR) is 74.5 cm³/mol. The Bertz CT molecular complexity index is 446. The average molecular weight is 336 g/mol. The normalized spacial score (nSPS) is 15.9. The van der Waals surface area contributed by atoms with Crippen molar-refractivity contribution in [2.45, 2.75) is 25.9 Å². The molecule has 0 aromatic heterocycles. The Hall–Kier alpha value is -0.580. The summed E-state index contributed by atoms with van der Waals surface area (Å²) >= 11 is 9.42. The van der Waals surface area contributed by atoms with E-state index in [4.69, 9.17) is 16.3 Å². The summed E-state index contributed by atoms with van der Waals surface area (Å²) < 4.78 is 5.54. The van der Waals surface area contributed by atoms with Crippen LogP contribution in [0.5, 0.6) is 0 Å². The number of carbonyl (C=O) groups is 1. The number of esters is 1. The number of benzene rings is 1. The molecule has 1 aromatic carbocycles. The van der Waals surface area contributed by atoms with Crippen molar-refractivity contribution in [1.29, 1.82) is 0 Å². The molecule has 3 nitrogen and oxygen atoms in total. The molecule has 2 unspecified atom stereocenters. The zero-order valence-corrected chi connectivity index (χ0v) is 12.9. The molecule has 0 bridgehead atoms. The van der Waals surface area contributed by atoms with Crippen LogP contribution in [0.1, 0.15) is 25.8 Å². The van der Waals surface area contributed by atoms with Crippen molar-refractivity contribution in [2.75, 3.05) is 7.11 Å². The molecular formula is C13H16BrClO3. The van der Waals surface area contributed by atoms with Crippen LogP contribution >= 0.6 is 27.5 Å². The average Bonchev–Trinajstić information content (AvgIpc) is 2.28. The summed E-state index contributed by atoms with van der Waals surface area (Å²) in [4.78, 5) is 11.7. The highest BCUT2D eigenvalue weighted by Gasteiger charge is 2.39. The van der Waals surface area contributed by atoms with Crippen molar-refractivity contribution < 1.29 is 14.6 Å². The van der Waals surface area contributed by atoms with E-state index in [0.29, 0.717) is 17.0 Å². The first-order valence-corrected chi connectivity index (χ1v) is 6.77. The Morgan fingerprint density at radius 3 is 2.67 bits per heavy atom. The molecule has 0 heterocycles. The van der Waals surface area contributed by atoms with Crippen LogP contribution in [0, 0.1) is 5.92 Å². The molecule has 1 N–H and O–H groups in total. The number of hydrogen-bond acceptors (Lipinski definition) is 3. The van der Waals surface area contributed by atoms with E-state index < -0.39 is 17.5 Å². The highest BCUT2D eigenvalue weighted by atomic mass is 79.9. The Morgan fingerprint density at radius 2 is 2.22 bits per heavy atom. The summed E-state index contributed by atoms with van der Waals surface area (Å²) in [6, 6.07) is 5.17. The van der Waals surface area contributed by atoms with E-state index in [2.05, 4.69) is 15.9 Å². The SMILES string of the molecule is CCC(C(=O)OC)C(C)(O)c1ccc(Br)cc1Cl. The summed E-state index contributed by atoms with van der Waals surface area (Å²) in [5.41, 5.74) is -0.843. The quantitative estimate of drug-likeness (QED) is 0.857. The van der Waals surface area contributed by atoms with Gasteiger partial charge in [-0.05, 0) is 25.5 Å². The molecule has 0 spiro atoms. The lowest BCUT2D eigenvalue weighted by Gasteiger charge is -2.31. The molecule has 0 radical (unpaired) electrons. The molecule has 5 heteroatoms. The molecule has 0 aliphatic carbocycles. The Morgan fingerprint density at radius 1 is 1.61 bits per heavy atom. The van der Waals surface area contributed by atoms with Crippen LogP contribution in [0.15, 0.2) is 22.7 Å². The fourth-order valence-corrected chi connectivity index (χ4v) is 2.89. The van der Waals surface area contributed by atoms with Gasteiger partial charge in [0.15, 0.2) is 0 Å². The number of halogens is 2. The van der Waals surface area contributed by atoms with E-state index >= 15 is 0 Å². The zero-order chi connectivity index (χ0) is 13.9. The van der Waals surface area contributed by atoms with Gasteiger partial charge in [-0.15, -0.1) is 0 Å². The highest BCUT2D eigenvalue weighted by Crippen LogP contribution is 2.37. The second-order valence-electron chi connectivity index (χ2n) is 4.26. The van der Waals surface area contributed by atoms with E-state index in [0.717, 1.165) is 4.47 Å². The molecule has 2 atom stereocenters. The lowest BCUT2D eigenvalue weighted by atomic mass is 9.81. The van der Waals surface area contributed by atoms with Crippen molar-refractivity contribution >= 4 is 33.5 Å². The van der Waals surface area contributed by atoms with E-state index in [1.165, 1.54) is 7.11 Å². The van der Waals surface area contributed by atoms with Gasteiger partial charge in [0.25, 0.3) is 0 Å². The predicted octanol–water partition coefficient (Wildman–Crippen LogP) is 3.51. The van der Waals surface area contributed by atoms with E-state index in [1.807, 2.05) is 6.92 Å². The molecule has 100 valence electrons. The van der Waals surface area contributed by atoms with Crippen LogP contribution in [0.25, 0.3) is 0 Å². The Kier molecular flexibility index (Phi) is 5.20. The van der Waals surface area contributed by atoms with Crippen molar-refractivity contribution in [1.82, 2.24) is 0 Å². The molecule has 18 heavy (non-hydrogen) atoms. The zero-order valence-electron chi connectivity index (χ0n) is 10.5. The van der Waals surface area contributed by atoms with Crippen LogP contribution in [0.3, 0.4) is 0 Å². The van der Waals surface area contributed by atoms with Gasteiger partial charge in [0.2, 0.25) is 0 Å². The molecule has 1 rings (SSSR count). The number of aliphatic hydroxyl groups is 1. The van der Waals surface area contributed by atoms with E-state index in [9.17, 15) is 9.90 Å². The largest absolute Gasteiger partial charge is 0.469 e. The first kappa shape index (κ1) is 15.5. The summed E-state index contributed by atoms with van der Waals surface area (Å²) in [5.74, 6) is -1.09. The van der Waals surface area contributed by atoms with Gasteiger partial charge in [-0.1, -0.05) is 40.5 Å². The second-order valence-corrected chi connectivity index (χ2v) is 5.58. The molecule has 1 aromatic rings. The standard InChI is InChI=1S/C13H16BrClO3/c1-4-9(12(16)18-3)13(2,17)10-6-5-8(14)7-11(10)15/h5-7,9,17H,4H2,1-3H3. The van der Waals surface area contributed by atoms with Gasteiger partial charge >= 0.3 is 5.97 Å². The maximum Gasteiger partial charge on any atom is 0.311 e. The van der Waals surface area contributed by atoms with Gasteiger partial charge in [0.05, 0.1) is 13.0 Å². The van der Waals surface area contributed by atoms with Crippen molar-refractivity contribution in [3.05, 3.63) is 33.3 Å². The van der Waals surface area contributed by atoms with E-state index in [-0.39, 0.29) is 0 Å².